The molecule has 4 heteroatoms. The van der Waals surface area contributed by atoms with Gasteiger partial charge >= 0.3 is 5.97 Å². The summed E-state index contributed by atoms with van der Waals surface area (Å²) in [5.41, 5.74) is 3.54. The van der Waals surface area contributed by atoms with Gasteiger partial charge in [-0.05, 0) is 16.5 Å². The fraction of sp³-hybridized carbons (Fsp3) is 0.375. The Hall–Kier alpha value is -2.10. The molecule has 4 nitrogen and oxygen atoms in total. The second kappa shape index (κ2) is 5.49. The third-order valence-electron chi connectivity index (χ3n) is 3.27. The highest BCUT2D eigenvalue weighted by Crippen LogP contribution is 2.25. The molecule has 0 atom stereocenters. The molecule has 0 aliphatic rings. The molecule has 0 saturated heterocycles. The number of hydrogen-bond donors (Lipinski definition) is 1. The highest BCUT2D eigenvalue weighted by molar-refractivity contribution is 5.66. The topological polar surface area (TPSA) is 55.1 Å². The van der Waals surface area contributed by atoms with E-state index in [0.717, 1.165) is 11.1 Å². The van der Waals surface area contributed by atoms with Crippen molar-refractivity contribution in [1.82, 2.24) is 9.78 Å². The van der Waals surface area contributed by atoms with Crippen molar-refractivity contribution in [3.8, 4) is 11.1 Å². The molecular formula is C16H20N2O2. The maximum absolute atomic E-state index is 10.5. The Morgan fingerprint density at radius 3 is 2.40 bits per heavy atom. The standard InChI is InChI=1S/C16H20N2O2/c1-16(2,3)14-6-4-12(5-7-14)13-10-17-18(11-13)9-8-15(19)20/h4-7,10-11H,8-9H2,1-3H3,(H,19,20). The van der Waals surface area contributed by atoms with E-state index in [2.05, 4.69) is 50.1 Å². The van der Waals surface area contributed by atoms with E-state index in [0.29, 0.717) is 6.54 Å². The molecule has 20 heavy (non-hydrogen) atoms. The molecule has 1 heterocycles. The number of hydrogen-bond acceptors (Lipinski definition) is 2. The van der Waals surface area contributed by atoms with Crippen LogP contribution in [0.15, 0.2) is 36.7 Å². The van der Waals surface area contributed by atoms with Gasteiger partial charge < -0.3 is 5.11 Å². The fourth-order valence-electron chi connectivity index (χ4n) is 2.01. The molecule has 0 aliphatic heterocycles. The van der Waals surface area contributed by atoms with Gasteiger partial charge in [-0.2, -0.15) is 5.10 Å². The van der Waals surface area contributed by atoms with Gasteiger partial charge in [-0.25, -0.2) is 0 Å². The lowest BCUT2D eigenvalue weighted by atomic mass is 9.86. The first-order chi connectivity index (χ1) is 9.36. The number of carboxylic acid groups (broad SMARTS) is 1. The lowest BCUT2D eigenvalue weighted by Gasteiger charge is -2.18. The monoisotopic (exact) mass is 272 g/mol. The number of aliphatic carboxylic acids is 1. The van der Waals surface area contributed by atoms with Crippen LogP contribution >= 0.6 is 0 Å². The number of rotatable bonds is 4. The fourth-order valence-corrected chi connectivity index (χ4v) is 2.01. The van der Waals surface area contributed by atoms with E-state index in [1.165, 1.54) is 5.56 Å². The van der Waals surface area contributed by atoms with Gasteiger partial charge in [-0.3, -0.25) is 9.48 Å². The average molecular weight is 272 g/mol. The molecule has 1 aromatic heterocycles. The second-order valence-electron chi connectivity index (χ2n) is 5.96. The number of benzene rings is 1. The van der Waals surface area contributed by atoms with Crippen molar-refractivity contribution in [2.24, 2.45) is 0 Å². The van der Waals surface area contributed by atoms with E-state index < -0.39 is 5.97 Å². The Morgan fingerprint density at radius 2 is 1.85 bits per heavy atom. The summed E-state index contributed by atoms with van der Waals surface area (Å²) in [5.74, 6) is -0.809. The van der Waals surface area contributed by atoms with Crippen molar-refractivity contribution >= 4 is 5.97 Å². The average Bonchev–Trinajstić information content (AvgIpc) is 2.84. The van der Waals surface area contributed by atoms with Crippen molar-refractivity contribution in [3.63, 3.8) is 0 Å². The number of aryl methyl sites for hydroxylation is 1. The molecule has 1 aromatic carbocycles. The Kier molecular flexibility index (Phi) is 3.93. The van der Waals surface area contributed by atoms with Crippen LogP contribution in [-0.4, -0.2) is 20.9 Å². The molecule has 0 fully saturated rings. The normalized spacial score (nSPS) is 11.6. The van der Waals surface area contributed by atoms with E-state index in [-0.39, 0.29) is 11.8 Å². The predicted molar refractivity (Wildman–Crippen MR) is 78.6 cm³/mol. The molecule has 2 rings (SSSR count). The molecule has 1 N–H and O–H groups in total. The summed E-state index contributed by atoms with van der Waals surface area (Å²) >= 11 is 0. The Bertz CT molecular complexity index is 592. The number of carboxylic acids is 1. The van der Waals surface area contributed by atoms with Gasteiger partial charge in [0.2, 0.25) is 0 Å². The number of aromatic nitrogens is 2. The van der Waals surface area contributed by atoms with Crippen molar-refractivity contribution in [1.29, 1.82) is 0 Å². The summed E-state index contributed by atoms with van der Waals surface area (Å²) < 4.78 is 1.67. The van der Waals surface area contributed by atoms with Gasteiger partial charge in [0, 0.05) is 11.8 Å². The van der Waals surface area contributed by atoms with Crippen LogP contribution in [0.5, 0.6) is 0 Å². The van der Waals surface area contributed by atoms with Crippen LogP contribution in [0.2, 0.25) is 0 Å². The zero-order chi connectivity index (χ0) is 14.8. The minimum absolute atomic E-state index is 0.0874. The number of nitrogens with zero attached hydrogens (tertiary/aromatic N) is 2. The molecule has 0 unspecified atom stereocenters. The lowest BCUT2D eigenvalue weighted by Crippen LogP contribution is -2.10. The number of carbonyl (C=O) groups is 1. The first-order valence-corrected chi connectivity index (χ1v) is 6.71. The molecule has 0 spiro atoms. The van der Waals surface area contributed by atoms with Crippen LogP contribution in [0.25, 0.3) is 11.1 Å². The van der Waals surface area contributed by atoms with Gasteiger partial charge in [0.15, 0.2) is 0 Å². The molecule has 0 aliphatic carbocycles. The molecule has 0 bridgehead atoms. The SMILES string of the molecule is CC(C)(C)c1ccc(-c2cnn(CCC(=O)O)c2)cc1. The van der Waals surface area contributed by atoms with Crippen molar-refractivity contribution in [2.45, 2.75) is 39.2 Å². The van der Waals surface area contributed by atoms with E-state index >= 15 is 0 Å². The zero-order valence-electron chi connectivity index (χ0n) is 12.1. The van der Waals surface area contributed by atoms with E-state index in [1.54, 1.807) is 10.9 Å². The first kappa shape index (κ1) is 14.3. The van der Waals surface area contributed by atoms with Gasteiger partial charge in [0.25, 0.3) is 0 Å². The van der Waals surface area contributed by atoms with Crippen LogP contribution in [0.4, 0.5) is 0 Å². The van der Waals surface area contributed by atoms with Gasteiger partial charge in [0.1, 0.15) is 0 Å². The lowest BCUT2D eigenvalue weighted by molar-refractivity contribution is -0.137. The first-order valence-electron chi connectivity index (χ1n) is 6.71. The predicted octanol–water partition coefficient (Wildman–Crippen LogP) is 3.32. The zero-order valence-corrected chi connectivity index (χ0v) is 12.1. The molecule has 106 valence electrons. The summed E-state index contributed by atoms with van der Waals surface area (Å²) in [6.07, 6.45) is 3.74. The summed E-state index contributed by atoms with van der Waals surface area (Å²) in [4.78, 5) is 10.5. The summed E-state index contributed by atoms with van der Waals surface area (Å²) in [5, 5.41) is 12.9. The minimum atomic E-state index is -0.809. The molecular weight excluding hydrogens is 252 g/mol. The molecule has 0 amide bonds. The quantitative estimate of drug-likeness (QED) is 0.928. The van der Waals surface area contributed by atoms with E-state index in [4.69, 9.17) is 5.11 Å². The van der Waals surface area contributed by atoms with Crippen molar-refractivity contribution < 1.29 is 9.90 Å². The minimum Gasteiger partial charge on any atom is -0.481 e. The Morgan fingerprint density at radius 1 is 1.20 bits per heavy atom. The van der Waals surface area contributed by atoms with Crippen LogP contribution in [0.1, 0.15) is 32.8 Å². The maximum Gasteiger partial charge on any atom is 0.305 e. The maximum atomic E-state index is 10.5. The highest BCUT2D eigenvalue weighted by Gasteiger charge is 2.13. The largest absolute Gasteiger partial charge is 0.481 e. The van der Waals surface area contributed by atoms with Crippen LogP contribution in [0, 0.1) is 0 Å². The highest BCUT2D eigenvalue weighted by atomic mass is 16.4. The van der Waals surface area contributed by atoms with Crippen molar-refractivity contribution in [3.05, 3.63) is 42.2 Å². The van der Waals surface area contributed by atoms with Crippen LogP contribution < -0.4 is 0 Å². The van der Waals surface area contributed by atoms with E-state index in [9.17, 15) is 4.79 Å². The summed E-state index contributed by atoms with van der Waals surface area (Å²) in [7, 11) is 0. The third-order valence-corrected chi connectivity index (χ3v) is 3.27. The third kappa shape index (κ3) is 3.47. The smallest absolute Gasteiger partial charge is 0.305 e. The Balaban J connectivity index is 2.14. The second-order valence-corrected chi connectivity index (χ2v) is 5.96. The van der Waals surface area contributed by atoms with Crippen LogP contribution in [-0.2, 0) is 16.8 Å². The molecule has 0 saturated carbocycles. The molecule has 0 radical (unpaired) electrons. The van der Waals surface area contributed by atoms with Gasteiger partial charge in [0.05, 0.1) is 19.2 Å². The van der Waals surface area contributed by atoms with Gasteiger partial charge in [-0.1, -0.05) is 45.0 Å². The van der Waals surface area contributed by atoms with E-state index in [1.807, 2.05) is 6.20 Å². The van der Waals surface area contributed by atoms with Crippen LogP contribution in [0.3, 0.4) is 0 Å². The summed E-state index contributed by atoms with van der Waals surface area (Å²) in [6.45, 7) is 6.96. The Labute approximate surface area is 119 Å². The summed E-state index contributed by atoms with van der Waals surface area (Å²) in [6, 6.07) is 8.42. The molecule has 2 aromatic rings. The van der Waals surface area contributed by atoms with Crippen molar-refractivity contribution in [2.75, 3.05) is 0 Å². The van der Waals surface area contributed by atoms with Gasteiger partial charge in [-0.15, -0.1) is 0 Å².